The van der Waals surface area contributed by atoms with Crippen LogP contribution in [0.15, 0.2) is 18.3 Å². The van der Waals surface area contributed by atoms with Crippen molar-refractivity contribution in [3.8, 4) is 0 Å². The molecule has 0 unspecified atom stereocenters. The van der Waals surface area contributed by atoms with Crippen LogP contribution in [0.5, 0.6) is 0 Å². The molecule has 1 heterocycles. The van der Waals surface area contributed by atoms with Crippen LogP contribution in [0.4, 0.5) is 0 Å². The van der Waals surface area contributed by atoms with Gasteiger partial charge in [-0.25, -0.2) is 0 Å². The zero-order chi connectivity index (χ0) is 10.8. The summed E-state index contributed by atoms with van der Waals surface area (Å²) in [5.74, 6) is 6.94. The number of rotatable bonds is 3. The van der Waals surface area contributed by atoms with Crippen LogP contribution >= 0.6 is 11.3 Å². The molecule has 0 saturated heterocycles. The minimum absolute atomic E-state index is 0.433. The third kappa shape index (κ3) is 3.27. The molecule has 0 aromatic carbocycles. The molecule has 0 aliphatic rings. The van der Waals surface area contributed by atoms with E-state index in [1.165, 1.54) is 3.71 Å². The molecule has 0 N–H and O–H groups in total. The van der Waals surface area contributed by atoms with Gasteiger partial charge in [0.05, 0.1) is 0 Å². The maximum atomic E-state index is 10.1. The van der Waals surface area contributed by atoms with Crippen LogP contribution in [-0.2, 0) is 0 Å². The van der Waals surface area contributed by atoms with Crippen LogP contribution in [0.25, 0.3) is 6.08 Å². The predicted molar refractivity (Wildman–Crippen MR) is 63.3 cm³/mol. The summed E-state index contributed by atoms with van der Waals surface area (Å²) in [6.07, 6.45) is 2.55. The Morgan fingerprint density at radius 2 is 2.07 bits per heavy atom. The number of hydrogen-bond acceptors (Lipinski definition) is 3. The van der Waals surface area contributed by atoms with Gasteiger partial charge in [-0.1, -0.05) is 0 Å². The molecule has 3 nitrogen and oxygen atoms in total. The molecule has 0 saturated carbocycles. The van der Waals surface area contributed by atoms with Crippen LogP contribution in [-0.4, -0.2) is 18.2 Å². The Hall–Kier alpha value is -0.617. The van der Waals surface area contributed by atoms with Crippen LogP contribution in [0.2, 0.25) is 17.3 Å². The van der Waals surface area contributed by atoms with Crippen molar-refractivity contribution < 1.29 is 4.92 Å². The van der Waals surface area contributed by atoms with Crippen molar-refractivity contribution >= 4 is 34.4 Å². The van der Waals surface area contributed by atoms with Crippen LogP contribution < -0.4 is 3.71 Å². The molecule has 14 heavy (non-hydrogen) atoms. The number of nitro groups is 1. The molecular weight excluding hydrogens is 259 g/mol. The summed E-state index contributed by atoms with van der Waals surface area (Å²) in [5, 5.41) is 10.1. The summed E-state index contributed by atoms with van der Waals surface area (Å²) >= 11 is -0.0597. The molecule has 0 fully saturated rings. The fourth-order valence-electron chi connectivity index (χ4n) is 0.980. The van der Waals surface area contributed by atoms with E-state index in [9.17, 15) is 10.1 Å². The van der Waals surface area contributed by atoms with E-state index in [-0.39, 0.29) is 0 Å². The third-order valence-corrected chi connectivity index (χ3v) is 9.87. The van der Waals surface area contributed by atoms with Crippen LogP contribution in [0.1, 0.15) is 4.88 Å². The Morgan fingerprint density at radius 1 is 1.43 bits per heavy atom. The molecular formula is C9H13GeNO2S. The first-order valence-electron chi connectivity index (χ1n) is 4.31. The van der Waals surface area contributed by atoms with Gasteiger partial charge in [-0.3, -0.25) is 0 Å². The van der Waals surface area contributed by atoms with Gasteiger partial charge in [-0.05, 0) is 0 Å². The summed E-state index contributed by atoms with van der Waals surface area (Å²) in [4.78, 5) is 10.6. The van der Waals surface area contributed by atoms with Gasteiger partial charge in [0.25, 0.3) is 0 Å². The first-order chi connectivity index (χ1) is 6.39. The Labute approximate surface area is 90.0 Å². The molecule has 0 atom stereocenters. The van der Waals surface area contributed by atoms with Gasteiger partial charge in [-0.2, -0.15) is 0 Å². The molecule has 0 amide bonds. The Kier molecular flexibility index (Phi) is 3.50. The quantitative estimate of drug-likeness (QED) is 0.482. The van der Waals surface area contributed by atoms with Gasteiger partial charge < -0.3 is 0 Å². The van der Waals surface area contributed by atoms with Crippen molar-refractivity contribution in [2.45, 2.75) is 17.3 Å². The number of thiophene rings is 1. The van der Waals surface area contributed by atoms with Gasteiger partial charge in [0, 0.05) is 0 Å². The topological polar surface area (TPSA) is 43.1 Å². The molecule has 76 valence electrons. The van der Waals surface area contributed by atoms with Gasteiger partial charge in [0.1, 0.15) is 0 Å². The average molecular weight is 272 g/mol. The van der Waals surface area contributed by atoms with E-state index in [4.69, 9.17) is 0 Å². The summed E-state index contributed by atoms with van der Waals surface area (Å²) in [6.45, 7) is 0. The molecule has 5 heteroatoms. The zero-order valence-electron chi connectivity index (χ0n) is 8.48. The molecule has 0 bridgehead atoms. The van der Waals surface area contributed by atoms with E-state index in [1.807, 2.05) is 6.07 Å². The minimum atomic E-state index is -1.73. The third-order valence-electron chi connectivity index (χ3n) is 1.73. The van der Waals surface area contributed by atoms with Crippen molar-refractivity contribution in [3.05, 3.63) is 33.3 Å². The Balaban J connectivity index is 2.84. The van der Waals surface area contributed by atoms with Crippen molar-refractivity contribution in [2.24, 2.45) is 0 Å². The number of nitrogens with zero attached hydrogens (tertiary/aromatic N) is 1. The van der Waals surface area contributed by atoms with Crippen LogP contribution in [0.3, 0.4) is 0 Å². The fraction of sp³-hybridized carbons (Fsp3) is 0.333. The second kappa shape index (κ2) is 4.27. The first-order valence-corrected chi connectivity index (χ1v) is 12.5. The van der Waals surface area contributed by atoms with Crippen LogP contribution in [0, 0.1) is 10.1 Å². The standard InChI is InChI=1S/C9H13GeNO2S/c1-10(2,3)9-5-4-8(14-9)6-7-11(12)13/h4-7H,1-3H3/b7-6+. The van der Waals surface area contributed by atoms with Crippen molar-refractivity contribution in [2.75, 3.05) is 0 Å². The Morgan fingerprint density at radius 3 is 2.50 bits per heavy atom. The second-order valence-corrected chi connectivity index (χ2v) is 16.5. The van der Waals surface area contributed by atoms with E-state index in [2.05, 4.69) is 23.3 Å². The fourth-order valence-corrected chi connectivity index (χ4v) is 5.83. The SMILES string of the molecule is [CH3][Ge]([CH3])([CH3])[c]1ccc(/C=C/[N+](=O)[O-])s1. The average Bonchev–Trinajstić information content (AvgIpc) is 2.47. The monoisotopic (exact) mass is 273 g/mol. The molecule has 1 aromatic rings. The first kappa shape index (κ1) is 11.5. The van der Waals surface area contributed by atoms with E-state index < -0.39 is 18.2 Å². The van der Waals surface area contributed by atoms with Gasteiger partial charge in [0.15, 0.2) is 0 Å². The van der Waals surface area contributed by atoms with E-state index in [0.717, 1.165) is 11.1 Å². The summed E-state index contributed by atoms with van der Waals surface area (Å²) < 4.78 is 1.42. The van der Waals surface area contributed by atoms with Crippen molar-refractivity contribution in [3.63, 3.8) is 0 Å². The van der Waals surface area contributed by atoms with Gasteiger partial charge in [0.2, 0.25) is 0 Å². The molecule has 0 aliphatic carbocycles. The summed E-state index contributed by atoms with van der Waals surface area (Å²) in [5.41, 5.74) is 0. The van der Waals surface area contributed by atoms with Gasteiger partial charge >= 0.3 is 89.9 Å². The molecule has 0 aliphatic heterocycles. The zero-order valence-corrected chi connectivity index (χ0v) is 11.4. The van der Waals surface area contributed by atoms with E-state index in [0.29, 0.717) is 0 Å². The molecule has 1 aromatic heterocycles. The van der Waals surface area contributed by atoms with Crippen molar-refractivity contribution in [1.82, 2.24) is 0 Å². The van der Waals surface area contributed by atoms with Gasteiger partial charge in [-0.15, -0.1) is 0 Å². The summed E-state index contributed by atoms with van der Waals surface area (Å²) in [6, 6.07) is 4.06. The second-order valence-electron chi connectivity index (χ2n) is 4.05. The predicted octanol–water partition coefficient (Wildman–Crippen LogP) is 2.54. The normalized spacial score (nSPS) is 12.2. The van der Waals surface area contributed by atoms with E-state index in [1.54, 1.807) is 17.4 Å². The number of hydrogen-bond donors (Lipinski definition) is 0. The van der Waals surface area contributed by atoms with Crippen molar-refractivity contribution in [1.29, 1.82) is 0 Å². The maximum absolute atomic E-state index is 10.1. The molecule has 1 rings (SSSR count). The molecule has 0 radical (unpaired) electrons. The Bertz CT molecular complexity index is 365. The summed E-state index contributed by atoms with van der Waals surface area (Å²) in [7, 11) is 0. The molecule has 0 spiro atoms. The van der Waals surface area contributed by atoms with E-state index >= 15 is 0 Å².